The van der Waals surface area contributed by atoms with Gasteiger partial charge < -0.3 is 4.90 Å². The number of hydrogen-bond acceptors (Lipinski definition) is 4. The van der Waals surface area contributed by atoms with E-state index in [1.807, 2.05) is 4.90 Å². The van der Waals surface area contributed by atoms with Crippen molar-refractivity contribution in [3.63, 3.8) is 0 Å². The normalized spacial score (nSPS) is 16.1. The Bertz CT molecular complexity index is 766. The van der Waals surface area contributed by atoms with Crippen LogP contribution in [0.25, 0.3) is 11.3 Å². The van der Waals surface area contributed by atoms with Gasteiger partial charge in [0.15, 0.2) is 0 Å². The van der Waals surface area contributed by atoms with Gasteiger partial charge in [0.1, 0.15) is 5.01 Å². The van der Waals surface area contributed by atoms with Gasteiger partial charge in [0.05, 0.1) is 12.2 Å². The van der Waals surface area contributed by atoms with Crippen molar-refractivity contribution in [2.24, 2.45) is 0 Å². The van der Waals surface area contributed by atoms with Gasteiger partial charge in [-0.1, -0.05) is 45.0 Å². The van der Waals surface area contributed by atoms with Crippen molar-refractivity contribution in [2.45, 2.75) is 46.6 Å². The van der Waals surface area contributed by atoms with E-state index in [0.717, 1.165) is 43.4 Å². The molecule has 1 aliphatic heterocycles. The molecule has 0 spiro atoms. The monoisotopic (exact) mass is 371 g/mol. The van der Waals surface area contributed by atoms with E-state index in [1.54, 1.807) is 18.3 Å². The molecule has 1 fully saturated rings. The standard InChI is InChI=1S/C21H29N3OS/c1-15-20(17-6-8-18(9-7-17)21(3,4)5)22-19(26-15)14-23-10-12-24(13-11-23)16(2)25/h6-9H,10-14H2,1-5H3. The molecule has 1 aromatic carbocycles. The first kappa shape index (κ1) is 19.1. The highest BCUT2D eigenvalue weighted by molar-refractivity contribution is 7.12. The molecular weight excluding hydrogens is 342 g/mol. The maximum Gasteiger partial charge on any atom is 0.219 e. The fourth-order valence-electron chi connectivity index (χ4n) is 3.33. The number of nitrogens with zero attached hydrogens (tertiary/aromatic N) is 3. The van der Waals surface area contributed by atoms with Crippen molar-refractivity contribution in [2.75, 3.05) is 26.2 Å². The second kappa shape index (κ2) is 7.49. The van der Waals surface area contributed by atoms with Gasteiger partial charge in [-0.25, -0.2) is 4.98 Å². The van der Waals surface area contributed by atoms with E-state index >= 15 is 0 Å². The Morgan fingerprint density at radius 1 is 1.12 bits per heavy atom. The predicted octanol–water partition coefficient (Wildman–Crippen LogP) is 4.08. The first-order valence-electron chi connectivity index (χ1n) is 9.29. The average molecular weight is 372 g/mol. The Kier molecular flexibility index (Phi) is 5.49. The minimum atomic E-state index is 0.169. The van der Waals surface area contributed by atoms with Gasteiger partial charge in [0.25, 0.3) is 0 Å². The summed E-state index contributed by atoms with van der Waals surface area (Å²) in [6.45, 7) is 14.9. The molecule has 0 saturated carbocycles. The summed E-state index contributed by atoms with van der Waals surface area (Å²) in [5.74, 6) is 0.177. The summed E-state index contributed by atoms with van der Waals surface area (Å²) in [5, 5.41) is 1.16. The summed E-state index contributed by atoms with van der Waals surface area (Å²) in [4.78, 5) is 22.0. The van der Waals surface area contributed by atoms with E-state index in [1.165, 1.54) is 16.0 Å². The highest BCUT2D eigenvalue weighted by Gasteiger charge is 2.20. The Labute approximate surface area is 160 Å². The fourth-order valence-corrected chi connectivity index (χ4v) is 4.32. The molecule has 3 rings (SSSR count). The number of rotatable bonds is 3. The minimum Gasteiger partial charge on any atom is -0.340 e. The van der Waals surface area contributed by atoms with Crippen LogP contribution in [0.5, 0.6) is 0 Å². The molecule has 0 unspecified atom stereocenters. The maximum absolute atomic E-state index is 11.5. The van der Waals surface area contributed by atoms with Crippen LogP contribution in [0.2, 0.25) is 0 Å². The van der Waals surface area contributed by atoms with E-state index in [-0.39, 0.29) is 11.3 Å². The topological polar surface area (TPSA) is 36.4 Å². The van der Waals surface area contributed by atoms with Gasteiger partial charge >= 0.3 is 0 Å². The minimum absolute atomic E-state index is 0.169. The molecule has 5 heteroatoms. The van der Waals surface area contributed by atoms with E-state index in [4.69, 9.17) is 4.98 Å². The number of aromatic nitrogens is 1. The van der Waals surface area contributed by atoms with Gasteiger partial charge in [-0.05, 0) is 17.9 Å². The quantitative estimate of drug-likeness (QED) is 0.816. The maximum atomic E-state index is 11.5. The molecule has 0 N–H and O–H groups in total. The van der Waals surface area contributed by atoms with Crippen LogP contribution in [0, 0.1) is 6.92 Å². The van der Waals surface area contributed by atoms with Crippen molar-refractivity contribution in [1.29, 1.82) is 0 Å². The lowest BCUT2D eigenvalue weighted by Crippen LogP contribution is -2.47. The van der Waals surface area contributed by atoms with Crippen molar-refractivity contribution in [3.05, 3.63) is 39.7 Å². The van der Waals surface area contributed by atoms with Crippen molar-refractivity contribution >= 4 is 17.2 Å². The van der Waals surface area contributed by atoms with Crippen LogP contribution < -0.4 is 0 Å². The van der Waals surface area contributed by atoms with Crippen LogP contribution in [0.1, 0.15) is 43.1 Å². The second-order valence-electron chi connectivity index (χ2n) is 8.12. The van der Waals surface area contributed by atoms with Crippen LogP contribution in [0.4, 0.5) is 0 Å². The molecule has 0 atom stereocenters. The first-order chi connectivity index (χ1) is 12.2. The van der Waals surface area contributed by atoms with Crippen molar-refractivity contribution in [3.8, 4) is 11.3 Å². The molecule has 2 heterocycles. The van der Waals surface area contributed by atoms with Crippen LogP contribution in [-0.4, -0.2) is 46.9 Å². The summed E-state index contributed by atoms with van der Waals surface area (Å²) in [7, 11) is 0. The molecule has 2 aromatic rings. The van der Waals surface area contributed by atoms with Gasteiger partial charge in [-0.15, -0.1) is 11.3 Å². The highest BCUT2D eigenvalue weighted by atomic mass is 32.1. The lowest BCUT2D eigenvalue weighted by molar-refractivity contribution is -0.130. The van der Waals surface area contributed by atoms with Crippen LogP contribution >= 0.6 is 11.3 Å². The van der Waals surface area contributed by atoms with Crippen LogP contribution in [0.15, 0.2) is 24.3 Å². The highest BCUT2D eigenvalue weighted by Crippen LogP contribution is 2.30. The Balaban J connectivity index is 1.69. The number of piperazine rings is 1. The number of aryl methyl sites for hydroxylation is 1. The van der Waals surface area contributed by atoms with Crippen molar-refractivity contribution < 1.29 is 4.79 Å². The Morgan fingerprint density at radius 3 is 2.27 bits per heavy atom. The largest absolute Gasteiger partial charge is 0.340 e. The summed E-state index contributed by atoms with van der Waals surface area (Å²) >= 11 is 1.79. The smallest absolute Gasteiger partial charge is 0.219 e. The summed E-state index contributed by atoms with van der Waals surface area (Å²) in [6, 6.07) is 8.82. The molecule has 1 aliphatic rings. The molecule has 4 nitrogen and oxygen atoms in total. The van der Waals surface area contributed by atoms with E-state index in [9.17, 15) is 4.79 Å². The summed E-state index contributed by atoms with van der Waals surface area (Å²) < 4.78 is 0. The van der Waals surface area contributed by atoms with Crippen LogP contribution in [-0.2, 0) is 16.8 Å². The zero-order chi connectivity index (χ0) is 18.9. The van der Waals surface area contributed by atoms with Gasteiger partial charge in [0.2, 0.25) is 5.91 Å². The fraction of sp³-hybridized carbons (Fsp3) is 0.524. The number of benzene rings is 1. The zero-order valence-corrected chi connectivity index (χ0v) is 17.3. The Hall–Kier alpha value is -1.72. The third-order valence-corrected chi connectivity index (χ3v) is 6.00. The molecule has 1 amide bonds. The van der Waals surface area contributed by atoms with Gasteiger partial charge in [-0.2, -0.15) is 0 Å². The molecule has 1 saturated heterocycles. The lowest BCUT2D eigenvalue weighted by atomic mass is 9.86. The van der Waals surface area contributed by atoms with E-state index in [0.29, 0.717) is 0 Å². The van der Waals surface area contributed by atoms with Crippen LogP contribution in [0.3, 0.4) is 0 Å². The predicted molar refractivity (Wildman–Crippen MR) is 109 cm³/mol. The molecule has 0 aliphatic carbocycles. The molecule has 26 heavy (non-hydrogen) atoms. The number of carbonyl (C=O) groups excluding carboxylic acids is 1. The number of amides is 1. The first-order valence-corrected chi connectivity index (χ1v) is 10.1. The van der Waals surface area contributed by atoms with Gasteiger partial charge in [-0.3, -0.25) is 9.69 Å². The average Bonchev–Trinajstić information content (AvgIpc) is 2.95. The molecule has 140 valence electrons. The van der Waals surface area contributed by atoms with Crippen molar-refractivity contribution in [1.82, 2.24) is 14.8 Å². The second-order valence-corrected chi connectivity index (χ2v) is 9.41. The molecule has 1 aromatic heterocycles. The SMILES string of the molecule is CC(=O)N1CCN(Cc2nc(-c3ccc(C(C)(C)C)cc3)c(C)s2)CC1. The number of thiazole rings is 1. The third-order valence-electron chi connectivity index (χ3n) is 5.04. The van der Waals surface area contributed by atoms with E-state index in [2.05, 4.69) is 56.9 Å². The molecule has 0 bridgehead atoms. The molecular formula is C21H29N3OS. The number of hydrogen-bond donors (Lipinski definition) is 0. The summed E-state index contributed by atoms with van der Waals surface area (Å²) in [5.41, 5.74) is 3.81. The van der Waals surface area contributed by atoms with E-state index < -0.39 is 0 Å². The molecule has 0 radical (unpaired) electrons. The zero-order valence-electron chi connectivity index (χ0n) is 16.5. The Morgan fingerprint density at radius 2 is 1.73 bits per heavy atom. The third kappa shape index (κ3) is 4.33. The van der Waals surface area contributed by atoms with Gasteiger partial charge in [0, 0.05) is 43.5 Å². The summed E-state index contributed by atoms with van der Waals surface area (Å²) in [6.07, 6.45) is 0. The number of carbonyl (C=O) groups is 1. The lowest BCUT2D eigenvalue weighted by Gasteiger charge is -2.33.